The van der Waals surface area contributed by atoms with Crippen LogP contribution in [0.15, 0.2) is 18.2 Å². The molecule has 0 spiro atoms. The number of hydrogen-bond acceptors (Lipinski definition) is 5. The molecule has 84 valence electrons. The van der Waals surface area contributed by atoms with Crippen LogP contribution >= 0.6 is 0 Å². The van der Waals surface area contributed by atoms with Gasteiger partial charge in [-0.3, -0.25) is 0 Å². The average Bonchev–Trinajstić information content (AvgIpc) is 2.27. The van der Waals surface area contributed by atoms with Gasteiger partial charge in [0.2, 0.25) is 0 Å². The van der Waals surface area contributed by atoms with E-state index >= 15 is 0 Å². The third-order valence-electron chi connectivity index (χ3n) is 2.06. The second kappa shape index (κ2) is 5.43. The summed E-state index contributed by atoms with van der Waals surface area (Å²) in [6, 6.07) is 4.77. The lowest BCUT2D eigenvalue weighted by molar-refractivity contribution is 0.204. The van der Waals surface area contributed by atoms with E-state index in [0.29, 0.717) is 17.1 Å². The Morgan fingerprint density at radius 1 is 1.40 bits per heavy atom. The number of ether oxygens (including phenoxy) is 1. The molecule has 0 saturated heterocycles. The largest absolute Gasteiger partial charge is 0.497 e. The monoisotopic (exact) mass is 212 g/mol. The number of nitrogen functional groups attached to an aromatic ring is 1. The molecule has 0 bridgehead atoms. The zero-order valence-electron chi connectivity index (χ0n) is 8.60. The van der Waals surface area contributed by atoms with E-state index in [1.54, 1.807) is 25.3 Å². The Balaban J connectivity index is 2.77. The predicted molar refractivity (Wildman–Crippen MR) is 59.0 cm³/mol. The maximum absolute atomic E-state index is 8.89. The molecule has 1 aromatic carbocycles. The summed E-state index contributed by atoms with van der Waals surface area (Å²) >= 11 is 0. The van der Waals surface area contributed by atoms with E-state index in [0.717, 1.165) is 0 Å². The van der Waals surface area contributed by atoms with Crippen LogP contribution in [0.1, 0.15) is 0 Å². The molecule has 5 N–H and O–H groups in total. The van der Waals surface area contributed by atoms with Crippen LogP contribution in [0.5, 0.6) is 5.75 Å². The summed E-state index contributed by atoms with van der Waals surface area (Å²) in [6.07, 6.45) is 0. The first-order valence-corrected chi connectivity index (χ1v) is 4.63. The standard InChI is InChI=1S/C10H16N2O3/c1-15-8-2-3-10(9(11)4-8)12-7(5-13)6-14/h2-4,7,12-14H,5-6,11H2,1H3. The summed E-state index contributed by atoms with van der Waals surface area (Å²) in [7, 11) is 1.56. The zero-order valence-corrected chi connectivity index (χ0v) is 8.60. The molecule has 0 atom stereocenters. The van der Waals surface area contributed by atoms with Crippen molar-refractivity contribution >= 4 is 11.4 Å². The maximum atomic E-state index is 8.89. The number of anilines is 2. The number of rotatable bonds is 5. The van der Waals surface area contributed by atoms with Crippen molar-refractivity contribution in [3.8, 4) is 5.75 Å². The Morgan fingerprint density at radius 2 is 2.07 bits per heavy atom. The topological polar surface area (TPSA) is 87.7 Å². The number of nitrogens with two attached hydrogens (primary N) is 1. The van der Waals surface area contributed by atoms with E-state index in [9.17, 15) is 0 Å². The van der Waals surface area contributed by atoms with Gasteiger partial charge in [-0.05, 0) is 12.1 Å². The van der Waals surface area contributed by atoms with Gasteiger partial charge in [-0.15, -0.1) is 0 Å². The predicted octanol–water partition coefficient (Wildman–Crippen LogP) is 0.0425. The maximum Gasteiger partial charge on any atom is 0.121 e. The lowest BCUT2D eigenvalue weighted by atomic mass is 10.2. The van der Waals surface area contributed by atoms with Crippen LogP contribution in [-0.4, -0.2) is 36.6 Å². The van der Waals surface area contributed by atoms with Gasteiger partial charge in [0.25, 0.3) is 0 Å². The van der Waals surface area contributed by atoms with Crippen molar-refractivity contribution in [2.45, 2.75) is 6.04 Å². The van der Waals surface area contributed by atoms with Gasteiger partial charge in [-0.2, -0.15) is 0 Å². The SMILES string of the molecule is COc1ccc(NC(CO)CO)c(N)c1. The highest BCUT2D eigenvalue weighted by Gasteiger charge is 2.07. The van der Waals surface area contributed by atoms with Gasteiger partial charge in [0.15, 0.2) is 0 Å². The molecular weight excluding hydrogens is 196 g/mol. The zero-order chi connectivity index (χ0) is 11.3. The lowest BCUT2D eigenvalue weighted by Gasteiger charge is -2.16. The van der Waals surface area contributed by atoms with Crippen LogP contribution in [0.25, 0.3) is 0 Å². The molecule has 0 aliphatic rings. The highest BCUT2D eigenvalue weighted by molar-refractivity contribution is 5.68. The van der Waals surface area contributed by atoms with Gasteiger partial charge in [-0.1, -0.05) is 0 Å². The first-order chi connectivity index (χ1) is 7.21. The quantitative estimate of drug-likeness (QED) is 0.518. The Hall–Kier alpha value is -1.46. The molecule has 0 aromatic heterocycles. The molecule has 5 nitrogen and oxygen atoms in total. The fourth-order valence-corrected chi connectivity index (χ4v) is 1.17. The van der Waals surface area contributed by atoms with Crippen LogP contribution in [0.4, 0.5) is 11.4 Å². The third-order valence-corrected chi connectivity index (χ3v) is 2.06. The number of aliphatic hydroxyl groups is 2. The fourth-order valence-electron chi connectivity index (χ4n) is 1.17. The molecule has 0 fully saturated rings. The lowest BCUT2D eigenvalue weighted by Crippen LogP contribution is -2.28. The first-order valence-electron chi connectivity index (χ1n) is 4.63. The van der Waals surface area contributed by atoms with E-state index in [-0.39, 0.29) is 13.2 Å². The summed E-state index contributed by atoms with van der Waals surface area (Å²) in [5.74, 6) is 0.669. The number of nitrogens with one attached hydrogen (secondary N) is 1. The molecule has 5 heteroatoms. The normalized spacial score (nSPS) is 10.4. The van der Waals surface area contributed by atoms with Gasteiger partial charge in [0, 0.05) is 6.07 Å². The molecule has 0 aliphatic carbocycles. The number of aliphatic hydroxyl groups excluding tert-OH is 2. The van der Waals surface area contributed by atoms with E-state index in [1.807, 2.05) is 0 Å². The Kier molecular flexibility index (Phi) is 4.20. The van der Waals surface area contributed by atoms with Crippen LogP contribution in [0.3, 0.4) is 0 Å². The minimum Gasteiger partial charge on any atom is -0.497 e. The number of benzene rings is 1. The molecule has 0 amide bonds. The molecule has 1 rings (SSSR count). The summed E-state index contributed by atoms with van der Waals surface area (Å²) in [4.78, 5) is 0. The minimum absolute atomic E-state index is 0.151. The molecule has 0 aliphatic heterocycles. The van der Waals surface area contributed by atoms with E-state index in [1.165, 1.54) is 0 Å². The van der Waals surface area contributed by atoms with Crippen LogP contribution in [0.2, 0.25) is 0 Å². The van der Waals surface area contributed by atoms with Crippen molar-refractivity contribution in [3.63, 3.8) is 0 Å². The van der Waals surface area contributed by atoms with Crippen molar-refractivity contribution in [3.05, 3.63) is 18.2 Å². The van der Waals surface area contributed by atoms with Gasteiger partial charge in [0.1, 0.15) is 5.75 Å². The molecular formula is C10H16N2O3. The van der Waals surface area contributed by atoms with Crippen LogP contribution < -0.4 is 15.8 Å². The Bertz CT molecular complexity index is 314. The molecule has 1 aromatic rings. The van der Waals surface area contributed by atoms with Crippen LogP contribution in [-0.2, 0) is 0 Å². The average molecular weight is 212 g/mol. The first kappa shape index (κ1) is 11.6. The van der Waals surface area contributed by atoms with Crippen molar-refractivity contribution < 1.29 is 14.9 Å². The van der Waals surface area contributed by atoms with Crippen LogP contribution in [0, 0.1) is 0 Å². The van der Waals surface area contributed by atoms with Crippen molar-refractivity contribution in [2.24, 2.45) is 0 Å². The molecule has 15 heavy (non-hydrogen) atoms. The molecule has 0 saturated carbocycles. The molecule has 0 radical (unpaired) electrons. The Labute approximate surface area is 88.5 Å². The second-order valence-corrected chi connectivity index (χ2v) is 3.16. The molecule has 0 unspecified atom stereocenters. The number of hydrogen-bond donors (Lipinski definition) is 4. The Morgan fingerprint density at radius 3 is 2.53 bits per heavy atom. The van der Waals surface area contributed by atoms with Crippen molar-refractivity contribution in [1.82, 2.24) is 0 Å². The summed E-state index contributed by atoms with van der Waals surface area (Å²) in [5.41, 5.74) is 6.93. The summed E-state index contributed by atoms with van der Waals surface area (Å²) in [6.45, 7) is -0.302. The van der Waals surface area contributed by atoms with Gasteiger partial charge in [-0.25, -0.2) is 0 Å². The number of methoxy groups -OCH3 is 1. The minimum atomic E-state index is -0.402. The smallest absolute Gasteiger partial charge is 0.121 e. The highest BCUT2D eigenvalue weighted by atomic mass is 16.5. The van der Waals surface area contributed by atoms with E-state index in [2.05, 4.69) is 5.32 Å². The van der Waals surface area contributed by atoms with Crippen molar-refractivity contribution in [2.75, 3.05) is 31.4 Å². The van der Waals surface area contributed by atoms with E-state index < -0.39 is 6.04 Å². The van der Waals surface area contributed by atoms with E-state index in [4.69, 9.17) is 20.7 Å². The van der Waals surface area contributed by atoms with Gasteiger partial charge in [0.05, 0.1) is 37.7 Å². The highest BCUT2D eigenvalue weighted by Crippen LogP contribution is 2.24. The van der Waals surface area contributed by atoms with Gasteiger partial charge < -0.3 is 26.0 Å². The summed E-state index contributed by atoms with van der Waals surface area (Å²) in [5, 5.41) is 20.7. The third kappa shape index (κ3) is 3.00. The fraction of sp³-hybridized carbons (Fsp3) is 0.400. The summed E-state index contributed by atoms with van der Waals surface area (Å²) < 4.78 is 5.00. The second-order valence-electron chi connectivity index (χ2n) is 3.16. The van der Waals surface area contributed by atoms with Crippen molar-refractivity contribution in [1.29, 1.82) is 0 Å². The van der Waals surface area contributed by atoms with Gasteiger partial charge >= 0.3 is 0 Å². The molecule has 0 heterocycles.